The van der Waals surface area contributed by atoms with Crippen molar-refractivity contribution in [2.75, 3.05) is 19.8 Å². The molecule has 3 rings (SSSR count). The van der Waals surface area contributed by atoms with Crippen LogP contribution in [-0.4, -0.2) is 29.8 Å². The van der Waals surface area contributed by atoms with Crippen LogP contribution in [0.5, 0.6) is 0 Å². The maximum Gasteiger partial charge on any atom is 0.0888 e. The summed E-state index contributed by atoms with van der Waals surface area (Å²) in [5.41, 5.74) is 8.28. The van der Waals surface area contributed by atoms with Gasteiger partial charge in [-0.3, -0.25) is 4.98 Å². The number of aliphatic hydroxyl groups is 1. The highest BCUT2D eigenvalue weighted by Crippen LogP contribution is 2.42. The van der Waals surface area contributed by atoms with E-state index in [1.165, 1.54) is 0 Å². The third kappa shape index (κ3) is 2.10. The number of hydrogen-bond acceptors (Lipinski definition) is 4. The molecule has 2 aromatic rings. The number of aliphatic hydroxyl groups excluding tert-OH is 1. The van der Waals surface area contributed by atoms with Crippen LogP contribution in [0.1, 0.15) is 23.8 Å². The SMILES string of the molecule is Cc1cc(C(O)C2(CN)CCOC2)c2ccccc2n1. The molecule has 4 heteroatoms. The molecule has 0 radical (unpaired) electrons. The molecule has 20 heavy (non-hydrogen) atoms. The van der Waals surface area contributed by atoms with Gasteiger partial charge in [-0.1, -0.05) is 18.2 Å². The van der Waals surface area contributed by atoms with Gasteiger partial charge in [-0.15, -0.1) is 0 Å². The van der Waals surface area contributed by atoms with E-state index in [0.717, 1.165) is 28.6 Å². The number of aryl methyl sites for hydroxylation is 1. The second kappa shape index (κ2) is 5.13. The molecule has 2 heterocycles. The molecule has 106 valence electrons. The highest BCUT2D eigenvalue weighted by atomic mass is 16.5. The lowest BCUT2D eigenvalue weighted by Gasteiger charge is -2.32. The highest BCUT2D eigenvalue weighted by Gasteiger charge is 2.42. The molecule has 3 N–H and O–H groups in total. The van der Waals surface area contributed by atoms with Gasteiger partial charge >= 0.3 is 0 Å². The van der Waals surface area contributed by atoms with Crippen LogP contribution in [0, 0.1) is 12.3 Å². The lowest BCUT2D eigenvalue weighted by atomic mass is 9.77. The standard InChI is InChI=1S/C16H20N2O2/c1-11-8-13(12-4-2-3-5-14(12)18-11)15(19)16(9-17)6-7-20-10-16/h2-5,8,15,19H,6-7,9-10,17H2,1H3. The van der Waals surface area contributed by atoms with E-state index in [-0.39, 0.29) is 5.41 Å². The first-order chi connectivity index (χ1) is 9.66. The van der Waals surface area contributed by atoms with Crippen molar-refractivity contribution in [1.29, 1.82) is 0 Å². The zero-order valence-corrected chi connectivity index (χ0v) is 11.7. The average Bonchev–Trinajstić information content (AvgIpc) is 2.95. The van der Waals surface area contributed by atoms with Crippen LogP contribution < -0.4 is 5.73 Å². The number of ether oxygens (including phenoxy) is 1. The largest absolute Gasteiger partial charge is 0.388 e. The Morgan fingerprint density at radius 2 is 2.25 bits per heavy atom. The van der Waals surface area contributed by atoms with Crippen LogP contribution >= 0.6 is 0 Å². The summed E-state index contributed by atoms with van der Waals surface area (Å²) in [6.07, 6.45) is 0.169. The predicted octanol–water partition coefficient (Wildman–Crippen LogP) is 1.94. The maximum absolute atomic E-state index is 10.9. The van der Waals surface area contributed by atoms with Crippen LogP contribution in [0.3, 0.4) is 0 Å². The number of para-hydroxylation sites is 1. The topological polar surface area (TPSA) is 68.4 Å². The summed E-state index contributed by atoms with van der Waals surface area (Å²) in [6, 6.07) is 9.86. The van der Waals surface area contributed by atoms with Crippen molar-refractivity contribution < 1.29 is 9.84 Å². The summed E-state index contributed by atoms with van der Waals surface area (Å²) >= 11 is 0. The summed E-state index contributed by atoms with van der Waals surface area (Å²) in [7, 11) is 0. The van der Waals surface area contributed by atoms with E-state index in [9.17, 15) is 5.11 Å². The van der Waals surface area contributed by atoms with Crippen molar-refractivity contribution in [2.24, 2.45) is 11.1 Å². The Balaban J connectivity index is 2.13. The maximum atomic E-state index is 10.9. The molecule has 0 amide bonds. The first kappa shape index (κ1) is 13.5. The molecule has 2 unspecified atom stereocenters. The fourth-order valence-corrected chi connectivity index (χ4v) is 3.01. The molecule has 1 fully saturated rings. The molecule has 0 saturated carbocycles. The minimum absolute atomic E-state index is 0.378. The number of pyridine rings is 1. The normalized spacial score (nSPS) is 24.1. The second-order valence-corrected chi connectivity index (χ2v) is 5.64. The van der Waals surface area contributed by atoms with Crippen LogP contribution in [0.15, 0.2) is 30.3 Å². The van der Waals surface area contributed by atoms with Gasteiger partial charge in [0.2, 0.25) is 0 Å². The summed E-state index contributed by atoms with van der Waals surface area (Å²) < 4.78 is 5.48. The number of fused-ring (bicyclic) bond motifs is 1. The smallest absolute Gasteiger partial charge is 0.0888 e. The van der Waals surface area contributed by atoms with Gasteiger partial charge in [-0.05, 0) is 31.0 Å². The van der Waals surface area contributed by atoms with E-state index < -0.39 is 6.10 Å². The lowest BCUT2D eigenvalue weighted by Crippen LogP contribution is -2.37. The molecule has 1 aromatic carbocycles. The number of hydrogen-bond donors (Lipinski definition) is 2. The highest BCUT2D eigenvalue weighted by molar-refractivity contribution is 5.82. The Morgan fingerprint density at radius 1 is 1.45 bits per heavy atom. The van der Waals surface area contributed by atoms with E-state index in [2.05, 4.69) is 4.98 Å². The van der Waals surface area contributed by atoms with Gasteiger partial charge in [-0.25, -0.2) is 0 Å². The number of aromatic nitrogens is 1. The fourth-order valence-electron chi connectivity index (χ4n) is 3.01. The number of nitrogens with zero attached hydrogens (tertiary/aromatic N) is 1. The van der Waals surface area contributed by atoms with Crippen LogP contribution in [0.2, 0.25) is 0 Å². The molecule has 1 aliphatic heterocycles. The third-order valence-corrected chi connectivity index (χ3v) is 4.29. The van der Waals surface area contributed by atoms with Crippen molar-refractivity contribution in [3.8, 4) is 0 Å². The van der Waals surface area contributed by atoms with Crippen LogP contribution in [0.25, 0.3) is 10.9 Å². The van der Waals surface area contributed by atoms with E-state index in [4.69, 9.17) is 10.5 Å². The Labute approximate surface area is 118 Å². The molecule has 1 saturated heterocycles. The summed E-state index contributed by atoms with van der Waals surface area (Å²) in [6.45, 7) is 3.55. The van der Waals surface area contributed by atoms with Gasteiger partial charge in [0.05, 0.1) is 18.2 Å². The van der Waals surface area contributed by atoms with Crippen molar-refractivity contribution in [3.63, 3.8) is 0 Å². The van der Waals surface area contributed by atoms with Gasteiger partial charge in [0, 0.05) is 29.6 Å². The number of nitrogens with two attached hydrogens (primary N) is 1. The summed E-state index contributed by atoms with van der Waals surface area (Å²) in [5, 5.41) is 11.9. The molecule has 1 aliphatic rings. The van der Waals surface area contributed by atoms with Gasteiger partial charge in [0.25, 0.3) is 0 Å². The van der Waals surface area contributed by atoms with Crippen LogP contribution in [0.4, 0.5) is 0 Å². The Hall–Kier alpha value is -1.49. The first-order valence-corrected chi connectivity index (χ1v) is 6.98. The number of benzene rings is 1. The fraction of sp³-hybridized carbons (Fsp3) is 0.438. The van der Waals surface area contributed by atoms with Crippen LogP contribution in [-0.2, 0) is 4.74 Å². The van der Waals surface area contributed by atoms with Gasteiger partial charge < -0.3 is 15.6 Å². The molecule has 1 aromatic heterocycles. The molecule has 0 spiro atoms. The molecular formula is C16H20N2O2. The van der Waals surface area contributed by atoms with Crippen molar-refractivity contribution in [2.45, 2.75) is 19.4 Å². The van der Waals surface area contributed by atoms with Crippen molar-refractivity contribution in [1.82, 2.24) is 4.98 Å². The van der Waals surface area contributed by atoms with Crippen molar-refractivity contribution in [3.05, 3.63) is 41.6 Å². The lowest BCUT2D eigenvalue weighted by molar-refractivity contribution is 0.0200. The monoisotopic (exact) mass is 272 g/mol. The molecule has 2 atom stereocenters. The second-order valence-electron chi connectivity index (χ2n) is 5.64. The first-order valence-electron chi connectivity index (χ1n) is 6.98. The Morgan fingerprint density at radius 3 is 2.95 bits per heavy atom. The van der Waals surface area contributed by atoms with Crippen molar-refractivity contribution >= 4 is 10.9 Å². The van der Waals surface area contributed by atoms with Gasteiger partial charge in [-0.2, -0.15) is 0 Å². The van der Waals surface area contributed by atoms with Gasteiger partial charge in [0.15, 0.2) is 0 Å². The number of rotatable bonds is 3. The van der Waals surface area contributed by atoms with Gasteiger partial charge in [0.1, 0.15) is 0 Å². The van der Waals surface area contributed by atoms with E-state index in [1.807, 2.05) is 37.3 Å². The van der Waals surface area contributed by atoms with E-state index in [1.54, 1.807) is 0 Å². The quantitative estimate of drug-likeness (QED) is 0.896. The molecule has 0 bridgehead atoms. The Kier molecular flexibility index (Phi) is 3.46. The summed E-state index contributed by atoms with van der Waals surface area (Å²) in [4.78, 5) is 4.52. The average molecular weight is 272 g/mol. The minimum atomic E-state index is -0.624. The predicted molar refractivity (Wildman–Crippen MR) is 78.4 cm³/mol. The zero-order chi connectivity index (χ0) is 14.2. The van der Waals surface area contributed by atoms with E-state index >= 15 is 0 Å². The zero-order valence-electron chi connectivity index (χ0n) is 11.7. The molecular weight excluding hydrogens is 252 g/mol. The summed E-state index contributed by atoms with van der Waals surface area (Å²) in [5.74, 6) is 0. The van der Waals surface area contributed by atoms with E-state index in [0.29, 0.717) is 19.8 Å². The Bertz CT molecular complexity index is 621. The molecule has 4 nitrogen and oxygen atoms in total. The molecule has 0 aliphatic carbocycles. The third-order valence-electron chi connectivity index (χ3n) is 4.29. The minimum Gasteiger partial charge on any atom is -0.388 e.